The fourth-order valence-electron chi connectivity index (χ4n) is 5.66. The molecule has 0 saturated heterocycles. The van der Waals surface area contributed by atoms with Crippen LogP contribution in [0.5, 0.6) is 0 Å². The summed E-state index contributed by atoms with van der Waals surface area (Å²) in [4.78, 5) is 12.3. The number of nitrogens with one attached hydrogen (secondary N) is 1. The van der Waals surface area contributed by atoms with Crippen LogP contribution in [0.1, 0.15) is 194 Å². The Balaban J connectivity index is 3.60. The maximum absolute atomic E-state index is 12.3. The van der Waals surface area contributed by atoms with Gasteiger partial charge >= 0.3 is 0 Å². The van der Waals surface area contributed by atoms with E-state index in [1.807, 2.05) is 0 Å². The van der Waals surface area contributed by atoms with Crippen LogP contribution in [0.15, 0.2) is 36.5 Å². The van der Waals surface area contributed by atoms with E-state index in [0.29, 0.717) is 12.8 Å². The van der Waals surface area contributed by atoms with Crippen molar-refractivity contribution in [1.29, 1.82) is 0 Å². The van der Waals surface area contributed by atoms with Gasteiger partial charge in [-0.2, -0.15) is 0 Å². The van der Waals surface area contributed by atoms with Gasteiger partial charge < -0.3 is 15.5 Å². The minimum atomic E-state index is -0.663. The van der Waals surface area contributed by atoms with Crippen molar-refractivity contribution in [3.63, 3.8) is 0 Å². The highest BCUT2D eigenvalue weighted by molar-refractivity contribution is 5.76. The lowest BCUT2D eigenvalue weighted by Crippen LogP contribution is -2.45. The maximum Gasteiger partial charge on any atom is 0.220 e. The average molecular weight is 618 g/mol. The molecule has 0 aliphatic heterocycles. The van der Waals surface area contributed by atoms with Crippen LogP contribution in [0.3, 0.4) is 0 Å². The number of aliphatic hydroxyl groups excluding tert-OH is 2. The van der Waals surface area contributed by atoms with Crippen molar-refractivity contribution >= 4 is 5.91 Å². The molecule has 0 aromatic rings. The molecular formula is C40H75NO3. The number of aliphatic hydroxyl groups is 2. The van der Waals surface area contributed by atoms with Crippen molar-refractivity contribution in [3.8, 4) is 0 Å². The monoisotopic (exact) mass is 618 g/mol. The van der Waals surface area contributed by atoms with Gasteiger partial charge in [0.2, 0.25) is 5.91 Å². The molecule has 3 N–H and O–H groups in total. The molecule has 4 nitrogen and oxygen atoms in total. The lowest BCUT2D eigenvalue weighted by atomic mass is 10.0. The van der Waals surface area contributed by atoms with Crippen LogP contribution in [-0.4, -0.2) is 34.9 Å². The Morgan fingerprint density at radius 1 is 0.545 bits per heavy atom. The third kappa shape index (κ3) is 32.0. The third-order valence-electron chi connectivity index (χ3n) is 8.65. The molecule has 0 heterocycles. The van der Waals surface area contributed by atoms with Gasteiger partial charge in [-0.15, -0.1) is 0 Å². The van der Waals surface area contributed by atoms with Crippen LogP contribution in [0.2, 0.25) is 0 Å². The Morgan fingerprint density at radius 3 is 1.43 bits per heavy atom. The van der Waals surface area contributed by atoms with Crippen LogP contribution < -0.4 is 5.32 Å². The summed E-state index contributed by atoms with van der Waals surface area (Å²) in [6.07, 6.45) is 46.2. The number of carbonyl (C=O) groups is 1. The molecule has 0 aliphatic rings. The molecule has 0 rings (SSSR count). The topological polar surface area (TPSA) is 69.6 Å². The van der Waals surface area contributed by atoms with Crippen LogP contribution >= 0.6 is 0 Å². The Bertz CT molecular complexity index is 672. The third-order valence-corrected chi connectivity index (χ3v) is 8.65. The summed E-state index contributed by atoms with van der Waals surface area (Å²) in [6.45, 7) is 4.31. The first-order valence-electron chi connectivity index (χ1n) is 19.2. The second-order valence-corrected chi connectivity index (χ2v) is 13.0. The summed E-state index contributed by atoms with van der Waals surface area (Å²) >= 11 is 0. The van der Waals surface area contributed by atoms with E-state index in [1.165, 1.54) is 116 Å². The van der Waals surface area contributed by atoms with E-state index in [1.54, 1.807) is 0 Å². The predicted molar refractivity (Wildman–Crippen MR) is 193 cm³/mol. The molecule has 0 bridgehead atoms. The van der Waals surface area contributed by atoms with Crippen LogP contribution in [-0.2, 0) is 4.79 Å². The molecule has 2 unspecified atom stereocenters. The highest BCUT2D eigenvalue weighted by atomic mass is 16.3. The molecule has 0 radical (unpaired) electrons. The van der Waals surface area contributed by atoms with Gasteiger partial charge in [0.1, 0.15) is 0 Å². The predicted octanol–water partition coefficient (Wildman–Crippen LogP) is 11.5. The number of hydrogen-bond acceptors (Lipinski definition) is 3. The fraction of sp³-hybridized carbons (Fsp3) is 0.825. The molecule has 44 heavy (non-hydrogen) atoms. The minimum Gasteiger partial charge on any atom is -0.394 e. The maximum atomic E-state index is 12.3. The number of amides is 1. The van der Waals surface area contributed by atoms with Gasteiger partial charge in [-0.25, -0.2) is 0 Å². The number of allylic oxidation sites excluding steroid dienone is 6. The van der Waals surface area contributed by atoms with E-state index in [2.05, 4.69) is 55.6 Å². The van der Waals surface area contributed by atoms with E-state index in [9.17, 15) is 15.0 Å². The first kappa shape index (κ1) is 42.6. The van der Waals surface area contributed by atoms with Gasteiger partial charge in [-0.05, 0) is 51.4 Å². The van der Waals surface area contributed by atoms with Crippen LogP contribution in [0.25, 0.3) is 0 Å². The van der Waals surface area contributed by atoms with Crippen molar-refractivity contribution < 1.29 is 15.0 Å². The zero-order valence-electron chi connectivity index (χ0n) is 29.4. The molecule has 0 saturated carbocycles. The molecule has 258 valence electrons. The van der Waals surface area contributed by atoms with Gasteiger partial charge in [-0.1, -0.05) is 172 Å². The Hall–Kier alpha value is -1.39. The van der Waals surface area contributed by atoms with Gasteiger partial charge in [0.25, 0.3) is 0 Å². The van der Waals surface area contributed by atoms with Gasteiger partial charge in [0.15, 0.2) is 0 Å². The molecule has 0 aliphatic carbocycles. The van der Waals surface area contributed by atoms with Crippen molar-refractivity contribution in [1.82, 2.24) is 5.32 Å². The largest absolute Gasteiger partial charge is 0.394 e. The number of hydrogen-bond donors (Lipinski definition) is 3. The van der Waals surface area contributed by atoms with Crippen LogP contribution in [0.4, 0.5) is 0 Å². The van der Waals surface area contributed by atoms with E-state index in [4.69, 9.17) is 0 Å². The molecule has 0 aromatic carbocycles. The average Bonchev–Trinajstić information content (AvgIpc) is 3.03. The lowest BCUT2D eigenvalue weighted by molar-refractivity contribution is -0.123. The Morgan fingerprint density at radius 2 is 0.932 bits per heavy atom. The standard InChI is InChI=1S/C40H75NO3/c1-3-5-7-9-11-13-15-17-18-19-20-21-22-24-26-28-30-32-34-36-40(44)41-38(37-42)39(43)35-33-31-29-27-25-23-16-14-12-10-8-6-4-2/h11,13,17-18,20-21,38-39,42-43H,3-10,12,14-16,19,22-37H2,1-2H3,(H,41,44)/b13-11-,18-17-,21-20-. The second-order valence-electron chi connectivity index (χ2n) is 13.0. The zero-order chi connectivity index (χ0) is 32.2. The first-order valence-corrected chi connectivity index (χ1v) is 19.2. The molecule has 2 atom stereocenters. The van der Waals surface area contributed by atoms with E-state index < -0.39 is 12.1 Å². The van der Waals surface area contributed by atoms with Crippen molar-refractivity contribution in [2.45, 2.75) is 206 Å². The second kappa shape index (κ2) is 36.1. The van der Waals surface area contributed by atoms with Gasteiger partial charge in [0.05, 0.1) is 18.8 Å². The van der Waals surface area contributed by atoms with Crippen molar-refractivity contribution in [3.05, 3.63) is 36.5 Å². The quantitative estimate of drug-likeness (QED) is 0.0497. The highest BCUT2D eigenvalue weighted by Crippen LogP contribution is 2.15. The number of unbranched alkanes of at least 4 members (excludes halogenated alkanes) is 21. The van der Waals surface area contributed by atoms with E-state index in [-0.39, 0.29) is 12.5 Å². The first-order chi connectivity index (χ1) is 21.7. The van der Waals surface area contributed by atoms with Crippen LogP contribution in [0, 0.1) is 0 Å². The summed E-state index contributed by atoms with van der Waals surface area (Å²) in [5, 5.41) is 23.0. The molecule has 0 aromatic heterocycles. The SMILES string of the molecule is CCCCC/C=C\C/C=C\C/C=C\CCCCCCCCC(=O)NC(CO)C(O)CCCCCCCCCCCCCCC. The van der Waals surface area contributed by atoms with Gasteiger partial charge in [-0.3, -0.25) is 4.79 Å². The van der Waals surface area contributed by atoms with E-state index >= 15 is 0 Å². The van der Waals surface area contributed by atoms with Crippen molar-refractivity contribution in [2.24, 2.45) is 0 Å². The van der Waals surface area contributed by atoms with Gasteiger partial charge in [0, 0.05) is 6.42 Å². The number of carbonyl (C=O) groups excluding carboxylic acids is 1. The minimum absolute atomic E-state index is 0.0457. The van der Waals surface area contributed by atoms with Crippen molar-refractivity contribution in [2.75, 3.05) is 6.61 Å². The summed E-state index contributed by atoms with van der Waals surface area (Å²) in [5.74, 6) is -0.0457. The molecule has 4 heteroatoms. The van der Waals surface area contributed by atoms with E-state index in [0.717, 1.165) is 51.4 Å². The molecule has 0 fully saturated rings. The summed E-state index contributed by atoms with van der Waals surface area (Å²) in [6, 6.07) is -0.541. The molecule has 1 amide bonds. The zero-order valence-corrected chi connectivity index (χ0v) is 29.4. The fourth-order valence-corrected chi connectivity index (χ4v) is 5.66. The summed E-state index contributed by atoms with van der Waals surface area (Å²) in [5.41, 5.74) is 0. The normalized spacial score (nSPS) is 13.5. The Labute approximate surface area is 274 Å². The number of rotatable bonds is 34. The smallest absolute Gasteiger partial charge is 0.220 e. The lowest BCUT2D eigenvalue weighted by Gasteiger charge is -2.22. The summed E-state index contributed by atoms with van der Waals surface area (Å²) in [7, 11) is 0. The molecular weight excluding hydrogens is 542 g/mol. The Kier molecular flexibility index (Phi) is 34.9. The summed E-state index contributed by atoms with van der Waals surface area (Å²) < 4.78 is 0. The highest BCUT2D eigenvalue weighted by Gasteiger charge is 2.19. The molecule has 0 spiro atoms.